The van der Waals surface area contributed by atoms with Gasteiger partial charge < -0.3 is 9.64 Å². The molecular formula is C19H20FN3O2S. The number of fused-ring (bicyclic) bond motifs is 1. The summed E-state index contributed by atoms with van der Waals surface area (Å²) >= 11 is 1.46. The van der Waals surface area contributed by atoms with Crippen LogP contribution >= 0.6 is 11.3 Å². The minimum absolute atomic E-state index is 0.0673. The van der Waals surface area contributed by atoms with Gasteiger partial charge in [-0.2, -0.15) is 0 Å². The minimum atomic E-state index is -0.486. The monoisotopic (exact) mass is 373 g/mol. The van der Waals surface area contributed by atoms with Crippen molar-refractivity contribution in [1.29, 1.82) is 0 Å². The average Bonchev–Trinajstić information content (AvgIpc) is 3.04. The quantitative estimate of drug-likeness (QED) is 0.637. The highest BCUT2D eigenvalue weighted by atomic mass is 32.1. The Morgan fingerprint density at radius 2 is 1.85 bits per heavy atom. The van der Waals surface area contributed by atoms with Crippen molar-refractivity contribution in [2.45, 2.75) is 0 Å². The van der Waals surface area contributed by atoms with E-state index in [0.717, 1.165) is 10.2 Å². The van der Waals surface area contributed by atoms with E-state index in [2.05, 4.69) is 4.98 Å². The second-order valence-corrected chi connectivity index (χ2v) is 7.04. The number of nitrogens with zero attached hydrogens (tertiary/aromatic N) is 3. The van der Waals surface area contributed by atoms with Crippen LogP contribution in [0.4, 0.5) is 9.52 Å². The highest BCUT2D eigenvalue weighted by molar-refractivity contribution is 7.22. The fraction of sp³-hybridized carbons (Fsp3) is 0.263. The molecular weight excluding hydrogens is 353 g/mol. The molecule has 0 aliphatic rings. The molecule has 1 heterocycles. The Morgan fingerprint density at radius 1 is 1.12 bits per heavy atom. The molecule has 26 heavy (non-hydrogen) atoms. The number of anilines is 1. The fourth-order valence-electron chi connectivity index (χ4n) is 2.38. The number of benzene rings is 2. The van der Waals surface area contributed by atoms with Crippen LogP contribution in [0.15, 0.2) is 48.5 Å². The Balaban J connectivity index is 1.78. The van der Waals surface area contributed by atoms with Crippen LogP contribution in [0.25, 0.3) is 10.2 Å². The zero-order chi connectivity index (χ0) is 18.5. The molecule has 0 spiro atoms. The van der Waals surface area contributed by atoms with Gasteiger partial charge in [0.2, 0.25) is 0 Å². The second kappa shape index (κ2) is 8.25. The lowest BCUT2D eigenvalue weighted by atomic mass is 10.3. The number of para-hydroxylation sites is 2. The molecule has 0 aliphatic heterocycles. The number of carbonyl (C=O) groups is 1. The first-order valence-corrected chi connectivity index (χ1v) is 9.04. The van der Waals surface area contributed by atoms with Gasteiger partial charge in [0.1, 0.15) is 0 Å². The number of rotatable bonds is 7. The van der Waals surface area contributed by atoms with Crippen LogP contribution in [0.5, 0.6) is 5.75 Å². The van der Waals surface area contributed by atoms with E-state index in [4.69, 9.17) is 4.74 Å². The highest BCUT2D eigenvalue weighted by Gasteiger charge is 2.20. The minimum Gasteiger partial charge on any atom is -0.481 e. The van der Waals surface area contributed by atoms with E-state index in [1.807, 2.05) is 43.3 Å². The zero-order valence-corrected chi connectivity index (χ0v) is 15.5. The maximum atomic E-state index is 13.7. The number of ether oxygens (including phenoxy) is 1. The van der Waals surface area contributed by atoms with Crippen molar-refractivity contribution in [1.82, 2.24) is 9.88 Å². The molecule has 0 fully saturated rings. The number of carbonyl (C=O) groups excluding carboxylic acids is 1. The molecule has 0 bridgehead atoms. The maximum absolute atomic E-state index is 13.7. The predicted molar refractivity (Wildman–Crippen MR) is 102 cm³/mol. The molecule has 0 atom stereocenters. The van der Waals surface area contributed by atoms with Crippen LogP contribution in [0.2, 0.25) is 0 Å². The molecule has 136 valence electrons. The standard InChI is InChI=1S/C19H20FN3O2S/c1-22(2)11-12-23(19-21-15-8-4-6-10-17(15)26-19)18(24)13-25-16-9-5-3-7-14(16)20/h3-10H,11-13H2,1-2H3. The van der Waals surface area contributed by atoms with E-state index in [0.29, 0.717) is 18.2 Å². The van der Waals surface area contributed by atoms with E-state index >= 15 is 0 Å². The van der Waals surface area contributed by atoms with Crippen LogP contribution in [0.3, 0.4) is 0 Å². The number of hydrogen-bond acceptors (Lipinski definition) is 5. The number of hydrogen-bond donors (Lipinski definition) is 0. The van der Waals surface area contributed by atoms with Crippen molar-refractivity contribution in [3.8, 4) is 5.75 Å². The number of aromatic nitrogens is 1. The van der Waals surface area contributed by atoms with Gasteiger partial charge in [0.15, 0.2) is 23.3 Å². The third kappa shape index (κ3) is 4.36. The van der Waals surface area contributed by atoms with E-state index < -0.39 is 5.82 Å². The molecule has 1 aromatic heterocycles. The number of amides is 1. The van der Waals surface area contributed by atoms with Gasteiger partial charge in [-0.05, 0) is 38.4 Å². The zero-order valence-electron chi connectivity index (χ0n) is 14.7. The average molecular weight is 373 g/mol. The van der Waals surface area contributed by atoms with Crippen molar-refractivity contribution in [2.24, 2.45) is 0 Å². The Bertz CT molecular complexity index is 864. The van der Waals surface area contributed by atoms with E-state index in [1.54, 1.807) is 17.0 Å². The summed E-state index contributed by atoms with van der Waals surface area (Å²) in [5.41, 5.74) is 0.852. The molecule has 0 saturated heterocycles. The lowest BCUT2D eigenvalue weighted by Crippen LogP contribution is -2.39. The molecule has 0 aliphatic carbocycles. The van der Waals surface area contributed by atoms with Crippen molar-refractivity contribution in [2.75, 3.05) is 38.7 Å². The van der Waals surface area contributed by atoms with Crippen molar-refractivity contribution in [3.05, 3.63) is 54.3 Å². The van der Waals surface area contributed by atoms with Crippen molar-refractivity contribution in [3.63, 3.8) is 0 Å². The lowest BCUT2D eigenvalue weighted by Gasteiger charge is -2.22. The molecule has 0 saturated carbocycles. The molecule has 7 heteroatoms. The Morgan fingerprint density at radius 3 is 2.58 bits per heavy atom. The summed E-state index contributed by atoms with van der Waals surface area (Å²) < 4.78 is 20.1. The van der Waals surface area contributed by atoms with Crippen LogP contribution in [0.1, 0.15) is 0 Å². The largest absolute Gasteiger partial charge is 0.481 e. The van der Waals surface area contributed by atoms with Gasteiger partial charge >= 0.3 is 0 Å². The van der Waals surface area contributed by atoms with E-state index in [-0.39, 0.29) is 18.3 Å². The first-order chi connectivity index (χ1) is 12.5. The number of likely N-dealkylation sites (N-methyl/N-ethyl adjacent to an activating group) is 1. The van der Waals surface area contributed by atoms with Crippen LogP contribution in [-0.2, 0) is 4.79 Å². The maximum Gasteiger partial charge on any atom is 0.266 e. The Kier molecular flexibility index (Phi) is 5.80. The smallest absolute Gasteiger partial charge is 0.266 e. The van der Waals surface area contributed by atoms with Gasteiger partial charge in [0.05, 0.1) is 10.2 Å². The molecule has 0 unspecified atom stereocenters. The third-order valence-electron chi connectivity index (χ3n) is 3.77. The third-order valence-corrected chi connectivity index (χ3v) is 4.83. The molecule has 3 aromatic rings. The summed E-state index contributed by atoms with van der Waals surface area (Å²) in [6.07, 6.45) is 0. The number of thiazole rings is 1. The Labute approximate surface area is 155 Å². The molecule has 3 rings (SSSR count). The van der Waals surface area contributed by atoms with Gasteiger partial charge in [-0.3, -0.25) is 9.69 Å². The molecule has 0 radical (unpaired) electrons. The van der Waals surface area contributed by atoms with Gasteiger partial charge in [-0.25, -0.2) is 9.37 Å². The van der Waals surface area contributed by atoms with Gasteiger partial charge in [-0.15, -0.1) is 0 Å². The van der Waals surface area contributed by atoms with Crippen molar-refractivity contribution < 1.29 is 13.9 Å². The van der Waals surface area contributed by atoms with Crippen LogP contribution in [0, 0.1) is 5.82 Å². The fourth-order valence-corrected chi connectivity index (χ4v) is 3.39. The second-order valence-electron chi connectivity index (χ2n) is 6.03. The molecule has 1 amide bonds. The Hall–Kier alpha value is -2.51. The molecule has 0 N–H and O–H groups in total. The van der Waals surface area contributed by atoms with Gasteiger partial charge in [0, 0.05) is 13.1 Å². The summed E-state index contributed by atoms with van der Waals surface area (Å²) in [6, 6.07) is 13.8. The lowest BCUT2D eigenvalue weighted by molar-refractivity contribution is -0.120. The summed E-state index contributed by atoms with van der Waals surface area (Å²) in [4.78, 5) is 20.9. The summed E-state index contributed by atoms with van der Waals surface area (Å²) in [5.74, 6) is -0.674. The molecule has 2 aromatic carbocycles. The summed E-state index contributed by atoms with van der Waals surface area (Å²) in [7, 11) is 3.88. The summed E-state index contributed by atoms with van der Waals surface area (Å²) in [6.45, 7) is 0.915. The van der Waals surface area contributed by atoms with Gasteiger partial charge in [0.25, 0.3) is 5.91 Å². The molecule has 5 nitrogen and oxygen atoms in total. The predicted octanol–water partition coefficient (Wildman–Crippen LogP) is 3.41. The summed E-state index contributed by atoms with van der Waals surface area (Å²) in [5, 5.41) is 0.621. The topological polar surface area (TPSA) is 45.7 Å². The van der Waals surface area contributed by atoms with Gasteiger partial charge in [-0.1, -0.05) is 35.6 Å². The first-order valence-electron chi connectivity index (χ1n) is 8.22. The van der Waals surface area contributed by atoms with E-state index in [9.17, 15) is 9.18 Å². The first kappa shape index (κ1) is 18.3. The SMILES string of the molecule is CN(C)CCN(C(=O)COc1ccccc1F)c1nc2ccccc2s1. The van der Waals surface area contributed by atoms with Crippen molar-refractivity contribution >= 4 is 32.6 Å². The van der Waals surface area contributed by atoms with Crippen LogP contribution < -0.4 is 9.64 Å². The normalized spacial score (nSPS) is 11.1. The van der Waals surface area contributed by atoms with Crippen LogP contribution in [-0.4, -0.2) is 49.6 Å². The number of halogens is 1. The highest BCUT2D eigenvalue weighted by Crippen LogP contribution is 2.28. The van der Waals surface area contributed by atoms with E-state index in [1.165, 1.54) is 23.5 Å².